The molecule has 0 spiro atoms. The van der Waals surface area contributed by atoms with Crippen LogP contribution in [-0.2, 0) is 19.6 Å². The summed E-state index contributed by atoms with van der Waals surface area (Å²) in [6.07, 6.45) is 5.26. The van der Waals surface area contributed by atoms with Crippen LogP contribution in [0.15, 0.2) is 41.3 Å². The molecule has 2 fully saturated rings. The quantitative estimate of drug-likeness (QED) is 0.332. The number of aromatic nitrogens is 2. The maximum atomic E-state index is 13.6. The summed E-state index contributed by atoms with van der Waals surface area (Å²) in [5.41, 5.74) is 0.828. The van der Waals surface area contributed by atoms with Gasteiger partial charge in [-0.05, 0) is 49.9 Å². The minimum Gasteiger partial charge on any atom is -0.481 e. The van der Waals surface area contributed by atoms with Gasteiger partial charge in [0.15, 0.2) is 5.13 Å². The highest BCUT2D eigenvalue weighted by atomic mass is 32.2. The monoisotopic (exact) mass is 601 g/mol. The standard InChI is InChI=1S/C29H39N5O5S2/c1-29(2,19-34-14-16-39-17-15-34)33-41(36,37)22-10-8-21(9-11-22)23(18-20-6-4-5-7-20)26(35)32-28-30-24-12-13-25(38-3)31-27(24)40-28/h8-13,20,23,33H,4-7,14-19H2,1-3H3,(H,30,32,35). The maximum absolute atomic E-state index is 13.6. The lowest BCUT2D eigenvalue weighted by atomic mass is 9.87. The molecule has 41 heavy (non-hydrogen) atoms. The van der Waals surface area contributed by atoms with Gasteiger partial charge in [-0.15, -0.1) is 0 Å². The Kier molecular flexibility index (Phi) is 9.24. The number of hydrogen-bond donors (Lipinski definition) is 2. The number of fused-ring (bicyclic) bond motifs is 1. The molecule has 1 atom stereocenters. The van der Waals surface area contributed by atoms with Gasteiger partial charge >= 0.3 is 0 Å². The topological polar surface area (TPSA) is 123 Å². The van der Waals surface area contributed by atoms with Gasteiger partial charge in [-0.2, -0.15) is 0 Å². The van der Waals surface area contributed by atoms with Crippen molar-refractivity contribution < 1.29 is 22.7 Å². The summed E-state index contributed by atoms with van der Waals surface area (Å²) in [5, 5.41) is 3.48. The van der Waals surface area contributed by atoms with E-state index in [2.05, 4.69) is 24.9 Å². The van der Waals surface area contributed by atoms with Crippen molar-refractivity contribution >= 4 is 42.7 Å². The molecule has 1 unspecified atom stereocenters. The SMILES string of the molecule is COc1ccc2nc(NC(=O)C(CC3CCCC3)c3ccc(S(=O)(=O)NC(C)(C)CN4CCOCC4)cc3)sc2n1. The highest BCUT2D eigenvalue weighted by Crippen LogP contribution is 2.36. The summed E-state index contributed by atoms with van der Waals surface area (Å²) in [7, 11) is -2.20. The molecule has 1 saturated heterocycles. The molecule has 1 aliphatic carbocycles. The van der Waals surface area contributed by atoms with Gasteiger partial charge in [-0.3, -0.25) is 9.69 Å². The third kappa shape index (κ3) is 7.61. The van der Waals surface area contributed by atoms with Crippen LogP contribution in [0.5, 0.6) is 5.88 Å². The van der Waals surface area contributed by atoms with E-state index < -0.39 is 21.5 Å². The number of hydrogen-bond acceptors (Lipinski definition) is 9. The normalized spacial score (nSPS) is 18.0. The Morgan fingerprint density at radius 1 is 1.12 bits per heavy atom. The number of rotatable bonds is 11. The molecule has 12 heteroatoms. The summed E-state index contributed by atoms with van der Waals surface area (Å²) in [5.74, 6) is 0.378. The number of nitrogens with one attached hydrogen (secondary N) is 2. The number of carbonyl (C=O) groups is 1. The van der Waals surface area contributed by atoms with Crippen LogP contribution >= 0.6 is 11.3 Å². The lowest BCUT2D eigenvalue weighted by Gasteiger charge is -2.35. The van der Waals surface area contributed by atoms with Crippen molar-refractivity contribution in [1.82, 2.24) is 19.6 Å². The molecule has 1 saturated carbocycles. The van der Waals surface area contributed by atoms with Crippen molar-refractivity contribution in [3.8, 4) is 5.88 Å². The van der Waals surface area contributed by atoms with Crippen molar-refractivity contribution in [2.75, 3.05) is 45.3 Å². The van der Waals surface area contributed by atoms with Gasteiger partial charge in [0.2, 0.25) is 21.8 Å². The number of ether oxygens (including phenoxy) is 2. The molecule has 0 radical (unpaired) electrons. The van der Waals surface area contributed by atoms with E-state index in [1.54, 1.807) is 37.4 Å². The molecule has 3 aromatic rings. The Morgan fingerprint density at radius 3 is 2.51 bits per heavy atom. The van der Waals surface area contributed by atoms with Crippen LogP contribution in [-0.4, -0.2) is 74.7 Å². The van der Waals surface area contributed by atoms with Crippen LogP contribution in [0.2, 0.25) is 0 Å². The summed E-state index contributed by atoms with van der Waals surface area (Å²) < 4.78 is 40.1. The van der Waals surface area contributed by atoms with Crippen LogP contribution in [0.25, 0.3) is 10.3 Å². The average Bonchev–Trinajstić information content (AvgIpc) is 3.60. The van der Waals surface area contributed by atoms with Crippen LogP contribution in [0.4, 0.5) is 5.13 Å². The molecule has 2 N–H and O–H groups in total. The molecule has 2 aliphatic rings. The van der Waals surface area contributed by atoms with Gasteiger partial charge in [-0.25, -0.2) is 23.1 Å². The van der Waals surface area contributed by atoms with Crippen molar-refractivity contribution in [1.29, 1.82) is 0 Å². The first kappa shape index (κ1) is 29.8. The molecule has 10 nitrogen and oxygen atoms in total. The van der Waals surface area contributed by atoms with Crippen LogP contribution < -0.4 is 14.8 Å². The van der Waals surface area contributed by atoms with Crippen molar-refractivity contribution in [3.63, 3.8) is 0 Å². The van der Waals surface area contributed by atoms with Crippen molar-refractivity contribution in [2.45, 2.75) is 62.3 Å². The Bertz CT molecular complexity index is 1450. The Balaban J connectivity index is 1.31. The number of carbonyl (C=O) groups excluding carboxylic acids is 1. The smallest absolute Gasteiger partial charge is 0.241 e. The number of thiazole rings is 1. The van der Waals surface area contributed by atoms with Gasteiger partial charge in [-0.1, -0.05) is 49.2 Å². The number of amides is 1. The van der Waals surface area contributed by atoms with E-state index in [1.807, 2.05) is 19.9 Å². The summed E-state index contributed by atoms with van der Waals surface area (Å²) in [4.78, 5) is 25.6. The zero-order chi connectivity index (χ0) is 29.0. The van der Waals surface area contributed by atoms with E-state index in [-0.39, 0.29) is 10.8 Å². The predicted molar refractivity (Wildman–Crippen MR) is 160 cm³/mol. The van der Waals surface area contributed by atoms with Crippen LogP contribution in [0, 0.1) is 5.92 Å². The molecule has 2 aromatic heterocycles. The van der Waals surface area contributed by atoms with Crippen LogP contribution in [0.1, 0.15) is 57.4 Å². The van der Waals surface area contributed by atoms with Gasteiger partial charge in [0.25, 0.3) is 0 Å². The van der Waals surface area contributed by atoms with Gasteiger partial charge in [0.05, 0.1) is 31.1 Å². The van der Waals surface area contributed by atoms with Gasteiger partial charge < -0.3 is 14.8 Å². The highest BCUT2D eigenvalue weighted by molar-refractivity contribution is 7.89. The van der Waals surface area contributed by atoms with E-state index in [0.29, 0.717) is 53.5 Å². The maximum Gasteiger partial charge on any atom is 0.241 e. The minimum absolute atomic E-state index is 0.150. The van der Waals surface area contributed by atoms with Gasteiger partial charge in [0, 0.05) is 31.2 Å². The Morgan fingerprint density at radius 2 is 1.83 bits per heavy atom. The number of methoxy groups -OCH3 is 1. The average molecular weight is 602 g/mol. The second-order valence-electron chi connectivity index (χ2n) is 11.6. The molecule has 1 aliphatic heterocycles. The van der Waals surface area contributed by atoms with E-state index in [1.165, 1.54) is 24.2 Å². The number of nitrogens with zero attached hydrogens (tertiary/aromatic N) is 3. The molecular weight excluding hydrogens is 562 g/mol. The Labute approximate surface area is 245 Å². The Hall–Kier alpha value is -2.64. The largest absolute Gasteiger partial charge is 0.481 e. The van der Waals surface area contributed by atoms with E-state index in [4.69, 9.17) is 9.47 Å². The molecular formula is C29H39N5O5S2. The summed E-state index contributed by atoms with van der Waals surface area (Å²) in [6, 6.07) is 10.3. The molecule has 1 amide bonds. The number of morpholine rings is 1. The lowest BCUT2D eigenvalue weighted by molar-refractivity contribution is -0.118. The third-order valence-corrected chi connectivity index (χ3v) is 10.4. The first-order valence-electron chi connectivity index (χ1n) is 14.2. The van der Waals surface area contributed by atoms with E-state index in [9.17, 15) is 13.2 Å². The second-order valence-corrected chi connectivity index (χ2v) is 14.2. The number of anilines is 1. The zero-order valence-electron chi connectivity index (χ0n) is 23.9. The molecule has 1 aromatic carbocycles. The van der Waals surface area contributed by atoms with Crippen molar-refractivity contribution in [3.05, 3.63) is 42.0 Å². The number of sulfonamides is 1. The highest BCUT2D eigenvalue weighted by Gasteiger charge is 2.31. The van der Waals surface area contributed by atoms with Crippen molar-refractivity contribution in [2.24, 2.45) is 5.92 Å². The lowest BCUT2D eigenvalue weighted by Crippen LogP contribution is -2.53. The molecule has 222 valence electrons. The minimum atomic E-state index is -3.76. The predicted octanol–water partition coefficient (Wildman–Crippen LogP) is 4.39. The van der Waals surface area contributed by atoms with E-state index >= 15 is 0 Å². The second kappa shape index (κ2) is 12.7. The molecule has 3 heterocycles. The molecule has 0 bridgehead atoms. The first-order valence-corrected chi connectivity index (χ1v) is 16.5. The fraction of sp³-hybridized carbons (Fsp3) is 0.552. The first-order chi connectivity index (χ1) is 19.6. The van der Waals surface area contributed by atoms with Crippen LogP contribution in [0.3, 0.4) is 0 Å². The van der Waals surface area contributed by atoms with Gasteiger partial charge in [0.1, 0.15) is 10.3 Å². The molecule has 5 rings (SSSR count). The fourth-order valence-electron chi connectivity index (χ4n) is 5.79. The number of benzene rings is 1. The summed E-state index contributed by atoms with van der Waals surface area (Å²) in [6.45, 7) is 7.26. The zero-order valence-corrected chi connectivity index (χ0v) is 25.5. The third-order valence-electron chi connectivity index (χ3n) is 7.76. The van der Waals surface area contributed by atoms with E-state index in [0.717, 1.165) is 31.5 Å². The fourth-order valence-corrected chi connectivity index (χ4v) is 8.02. The number of pyridine rings is 1. The summed E-state index contributed by atoms with van der Waals surface area (Å²) >= 11 is 1.30.